The van der Waals surface area contributed by atoms with Crippen molar-refractivity contribution in [3.8, 4) is 0 Å². The Kier molecular flexibility index (Phi) is 8.44. The summed E-state index contributed by atoms with van der Waals surface area (Å²) in [5.74, 6) is -1.87. The van der Waals surface area contributed by atoms with Gasteiger partial charge < -0.3 is 28.8 Å². The van der Waals surface area contributed by atoms with Gasteiger partial charge in [0.25, 0.3) is 0 Å². The minimum atomic E-state index is -1.16. The number of carbonyl (C=O) groups excluding carboxylic acids is 5. The van der Waals surface area contributed by atoms with E-state index in [-0.39, 0.29) is 79.2 Å². The number of Topliss-reactive ketones (excluding diaryl/α,β-unsaturated/α-hetero) is 1. The Morgan fingerprint density at radius 2 is 1.72 bits per heavy atom. The van der Waals surface area contributed by atoms with E-state index in [1.807, 2.05) is 6.92 Å². The van der Waals surface area contributed by atoms with Crippen molar-refractivity contribution in [2.24, 2.45) is 46.3 Å². The van der Waals surface area contributed by atoms with E-state index < -0.39 is 46.9 Å². The predicted molar refractivity (Wildman–Crippen MR) is 161 cm³/mol. The third-order valence-electron chi connectivity index (χ3n) is 13.1. The summed E-state index contributed by atoms with van der Waals surface area (Å²) in [7, 11) is 0. The molecular formula is C35H48O11. The van der Waals surface area contributed by atoms with Gasteiger partial charge in [-0.3, -0.25) is 19.2 Å². The van der Waals surface area contributed by atoms with Crippen LogP contribution in [0.25, 0.3) is 0 Å². The van der Waals surface area contributed by atoms with Crippen LogP contribution in [0.2, 0.25) is 0 Å². The van der Waals surface area contributed by atoms with Crippen molar-refractivity contribution in [2.75, 3.05) is 19.8 Å². The van der Waals surface area contributed by atoms with E-state index in [0.717, 1.165) is 31.3 Å². The van der Waals surface area contributed by atoms with E-state index in [1.165, 1.54) is 20.8 Å². The fourth-order valence-electron chi connectivity index (χ4n) is 11.1. The molecule has 0 aromatic carbocycles. The zero-order chi connectivity index (χ0) is 33.3. The minimum Gasteiger partial charge on any atom is -0.465 e. The molecule has 2 aliphatic heterocycles. The number of ketones is 1. The van der Waals surface area contributed by atoms with Crippen molar-refractivity contribution in [1.82, 2.24) is 0 Å². The lowest BCUT2D eigenvalue weighted by atomic mass is 9.42. The van der Waals surface area contributed by atoms with Crippen LogP contribution in [0.5, 0.6) is 0 Å². The van der Waals surface area contributed by atoms with Crippen LogP contribution in [0, 0.1) is 46.3 Å². The summed E-state index contributed by atoms with van der Waals surface area (Å²) in [6.45, 7) is 9.88. The third-order valence-corrected chi connectivity index (χ3v) is 13.1. The quantitative estimate of drug-likeness (QED) is 0.235. The first-order chi connectivity index (χ1) is 21.7. The summed E-state index contributed by atoms with van der Waals surface area (Å²) in [6, 6.07) is 0. The molecule has 1 spiro atoms. The molecule has 254 valence electrons. The molecule has 0 aromatic heterocycles. The van der Waals surface area contributed by atoms with Crippen LogP contribution >= 0.6 is 0 Å². The molecule has 1 N–H and O–H groups in total. The third kappa shape index (κ3) is 4.85. The zero-order valence-electron chi connectivity index (χ0n) is 27.8. The number of ether oxygens (including phenoxy) is 5. The van der Waals surface area contributed by atoms with Gasteiger partial charge in [-0.15, -0.1) is 0 Å². The number of hydrogen-bond acceptors (Lipinski definition) is 11. The number of hydrogen-bond donors (Lipinski definition) is 1. The van der Waals surface area contributed by atoms with Crippen molar-refractivity contribution >= 4 is 29.7 Å². The highest BCUT2D eigenvalue weighted by molar-refractivity contribution is 5.91. The molecule has 6 rings (SSSR count). The topological polar surface area (TPSA) is 155 Å². The normalized spacial score (nSPS) is 43.3. The standard InChI is InChI=1S/C35H48O11/c1-17-11-28(45-32(41)24(17)15-42-19(3)37)18(2)25-7-8-26-23-13-30-35(46-30)31(44-21(5)39)22(14-36)12-29(40)34(35,16-43-20(4)38)27(23)9-10-33(25,26)6/h18,22-23,25-28,30-31,36H,7-16H2,1-6H3/t18-,22+,23-,25+,26-,27-,28+,30+,31-,33+,34-,35-/m0/s1. The maximum atomic E-state index is 14.4. The number of cyclic esters (lactones) is 1. The van der Waals surface area contributed by atoms with Crippen molar-refractivity contribution in [2.45, 2.75) is 110 Å². The van der Waals surface area contributed by atoms with Crippen LogP contribution in [0.4, 0.5) is 0 Å². The first-order valence-corrected chi connectivity index (χ1v) is 16.9. The van der Waals surface area contributed by atoms with Gasteiger partial charge in [-0.2, -0.15) is 0 Å². The summed E-state index contributed by atoms with van der Waals surface area (Å²) < 4.78 is 29.2. The molecule has 46 heavy (non-hydrogen) atoms. The molecule has 0 bridgehead atoms. The van der Waals surface area contributed by atoms with Crippen LogP contribution in [0.15, 0.2) is 11.1 Å². The summed E-state index contributed by atoms with van der Waals surface area (Å²) >= 11 is 0. The molecule has 11 heteroatoms. The van der Waals surface area contributed by atoms with Crippen molar-refractivity contribution in [1.29, 1.82) is 0 Å². The average Bonchev–Trinajstić information content (AvgIpc) is 3.60. The van der Waals surface area contributed by atoms with E-state index in [1.54, 1.807) is 0 Å². The number of fused-ring (bicyclic) bond motifs is 4. The van der Waals surface area contributed by atoms with Crippen molar-refractivity contribution in [3.05, 3.63) is 11.1 Å². The van der Waals surface area contributed by atoms with Gasteiger partial charge in [0.2, 0.25) is 0 Å². The minimum absolute atomic E-state index is 0.0255. The van der Waals surface area contributed by atoms with Gasteiger partial charge >= 0.3 is 23.9 Å². The average molecular weight is 645 g/mol. The summed E-state index contributed by atoms with van der Waals surface area (Å²) in [5.41, 5.74) is -1.06. The molecule has 0 radical (unpaired) electrons. The van der Waals surface area contributed by atoms with Gasteiger partial charge in [0.05, 0.1) is 11.7 Å². The van der Waals surface area contributed by atoms with Gasteiger partial charge in [0.1, 0.15) is 42.2 Å². The smallest absolute Gasteiger partial charge is 0.337 e. The molecule has 4 saturated carbocycles. The molecule has 5 fully saturated rings. The lowest BCUT2D eigenvalue weighted by molar-refractivity contribution is -0.202. The molecule has 2 heterocycles. The molecule has 0 amide bonds. The van der Waals surface area contributed by atoms with Crippen molar-refractivity contribution in [3.63, 3.8) is 0 Å². The van der Waals surface area contributed by atoms with Gasteiger partial charge in [0, 0.05) is 46.1 Å². The van der Waals surface area contributed by atoms with E-state index in [4.69, 9.17) is 23.7 Å². The lowest BCUT2D eigenvalue weighted by Crippen LogP contribution is -2.70. The predicted octanol–water partition coefficient (Wildman–Crippen LogP) is 3.48. The fraction of sp³-hybridized carbons (Fsp3) is 0.800. The Hall–Kier alpha value is -2.79. The van der Waals surface area contributed by atoms with Crippen LogP contribution in [-0.4, -0.2) is 78.5 Å². The molecule has 12 atom stereocenters. The first kappa shape index (κ1) is 33.1. The second-order valence-electron chi connectivity index (χ2n) is 15.1. The van der Waals surface area contributed by atoms with E-state index in [2.05, 4.69) is 13.8 Å². The van der Waals surface area contributed by atoms with E-state index >= 15 is 0 Å². The molecule has 11 nitrogen and oxygen atoms in total. The highest BCUT2D eigenvalue weighted by Crippen LogP contribution is 2.74. The first-order valence-electron chi connectivity index (χ1n) is 16.9. The fourth-order valence-corrected chi connectivity index (χ4v) is 11.1. The van der Waals surface area contributed by atoms with Crippen LogP contribution in [-0.2, 0) is 47.7 Å². The number of aliphatic hydroxyl groups is 1. The Morgan fingerprint density at radius 1 is 1.00 bits per heavy atom. The number of epoxide rings is 1. The monoisotopic (exact) mass is 644 g/mol. The molecule has 0 aromatic rings. The molecule has 4 aliphatic carbocycles. The summed E-state index contributed by atoms with van der Waals surface area (Å²) in [5, 5.41) is 10.3. The molecule has 6 aliphatic rings. The Balaban J connectivity index is 1.28. The lowest BCUT2D eigenvalue weighted by Gasteiger charge is -2.60. The Labute approximate surface area is 270 Å². The highest BCUT2D eigenvalue weighted by Gasteiger charge is 2.85. The summed E-state index contributed by atoms with van der Waals surface area (Å²) in [6.07, 6.45) is 3.37. The maximum absolute atomic E-state index is 14.4. The van der Waals surface area contributed by atoms with E-state index in [0.29, 0.717) is 18.4 Å². The van der Waals surface area contributed by atoms with Gasteiger partial charge in [-0.1, -0.05) is 19.4 Å². The van der Waals surface area contributed by atoms with Gasteiger partial charge in [-0.05, 0) is 74.0 Å². The van der Waals surface area contributed by atoms with Crippen LogP contribution in [0.1, 0.15) is 86.5 Å². The number of aliphatic hydroxyl groups excluding tert-OH is 1. The second-order valence-corrected chi connectivity index (χ2v) is 15.1. The van der Waals surface area contributed by atoms with Gasteiger partial charge in [-0.25, -0.2) is 4.79 Å². The van der Waals surface area contributed by atoms with Crippen LogP contribution < -0.4 is 0 Å². The zero-order valence-corrected chi connectivity index (χ0v) is 27.8. The highest BCUT2D eigenvalue weighted by atomic mass is 16.7. The number of rotatable bonds is 8. The Bertz CT molecular complexity index is 1350. The maximum Gasteiger partial charge on any atom is 0.337 e. The van der Waals surface area contributed by atoms with Crippen LogP contribution in [0.3, 0.4) is 0 Å². The molecule has 1 saturated heterocycles. The van der Waals surface area contributed by atoms with Gasteiger partial charge in [0.15, 0.2) is 0 Å². The number of carbonyl (C=O) groups is 5. The largest absolute Gasteiger partial charge is 0.465 e. The molecule has 0 unspecified atom stereocenters. The van der Waals surface area contributed by atoms with Crippen molar-refractivity contribution < 1.29 is 52.8 Å². The second kappa shape index (κ2) is 11.7. The number of esters is 4. The SMILES string of the molecule is CC(=O)OCC1=C(C)C[C@H]([C@@H](C)[C@H]2CC[C@H]3[C@@H]4C[C@H]5O[C@]56[C@@H](OC(C)=O)[C@@H](CO)CC(=O)[C@]6(COC(C)=O)[C@H]4CC[C@]23C)OC1=O. The Morgan fingerprint density at radius 3 is 2.35 bits per heavy atom. The summed E-state index contributed by atoms with van der Waals surface area (Å²) in [4.78, 5) is 63.2. The molecular weight excluding hydrogens is 596 g/mol. The van der Waals surface area contributed by atoms with E-state index in [9.17, 15) is 29.1 Å².